The van der Waals surface area contributed by atoms with Gasteiger partial charge in [-0.05, 0) is 54.4 Å². The number of rotatable bonds is 1. The topological polar surface area (TPSA) is 58.6 Å². The maximum Gasteiger partial charge on any atom is 0.411 e. The Morgan fingerprint density at radius 3 is 2.45 bits per heavy atom. The molecule has 1 aromatic carbocycles. The van der Waals surface area contributed by atoms with Crippen LogP contribution in [0.1, 0.15) is 20.8 Å². The van der Waals surface area contributed by atoms with Crippen molar-refractivity contribution in [2.45, 2.75) is 38.5 Å². The van der Waals surface area contributed by atoms with Gasteiger partial charge in [-0.3, -0.25) is 4.90 Å². The monoisotopic (exact) mass is 502 g/mol. The van der Waals surface area contributed by atoms with E-state index >= 15 is 0 Å². The number of carbonyl (C=O) groups excluding carboxylic acids is 1. The van der Waals surface area contributed by atoms with E-state index < -0.39 is 11.4 Å². The zero-order valence-electron chi connectivity index (χ0n) is 15.9. The molecule has 3 heterocycles. The third-order valence-electron chi connectivity index (χ3n) is 4.77. The van der Waals surface area contributed by atoms with Crippen molar-refractivity contribution in [2.75, 3.05) is 18.0 Å². The van der Waals surface area contributed by atoms with Crippen LogP contribution in [0, 0.1) is 5.82 Å². The predicted octanol–water partition coefficient (Wildman–Crippen LogP) is 5.20. The van der Waals surface area contributed by atoms with Crippen LogP contribution in [0.4, 0.5) is 15.0 Å². The molecule has 1 amide bonds. The van der Waals surface area contributed by atoms with Crippen LogP contribution in [0.3, 0.4) is 0 Å². The first-order valence-corrected chi connectivity index (χ1v) is 10.6. The van der Waals surface area contributed by atoms with Gasteiger partial charge in [-0.25, -0.2) is 14.2 Å². The number of anilines is 1. The van der Waals surface area contributed by atoms with Gasteiger partial charge in [0.25, 0.3) is 0 Å². The summed E-state index contributed by atoms with van der Waals surface area (Å²) in [5.41, 5.74) is -0.489. The van der Waals surface area contributed by atoms with E-state index in [-0.39, 0.29) is 38.5 Å². The first kappa shape index (κ1) is 20.6. The van der Waals surface area contributed by atoms with Gasteiger partial charge in [0.15, 0.2) is 5.82 Å². The zero-order chi connectivity index (χ0) is 21.1. The summed E-state index contributed by atoms with van der Waals surface area (Å²) in [5.74, 6) is -0.109. The van der Waals surface area contributed by atoms with Crippen LogP contribution >= 0.6 is 39.1 Å². The molecule has 2 aromatic rings. The average molecular weight is 504 g/mol. The van der Waals surface area contributed by atoms with Gasteiger partial charge in [0.05, 0.1) is 21.6 Å². The Labute approximate surface area is 185 Å². The van der Waals surface area contributed by atoms with Crippen molar-refractivity contribution in [1.29, 1.82) is 0 Å². The fourth-order valence-electron chi connectivity index (χ4n) is 3.64. The highest BCUT2D eigenvalue weighted by molar-refractivity contribution is 9.10. The standard InChI is InChI=1S/C19H18BrCl2FN4O2/c1-19(2,3)29-18(28)27-9-4-5-10(27)8-26(7-9)16-11-6-12(21)13(20)14(23)15(11)24-17(22)25-16/h4-6,9-10H,7-8H2,1-3H3. The van der Waals surface area contributed by atoms with E-state index in [2.05, 4.69) is 25.9 Å². The van der Waals surface area contributed by atoms with E-state index in [9.17, 15) is 9.18 Å². The van der Waals surface area contributed by atoms with Crippen LogP contribution in [0.5, 0.6) is 0 Å². The molecular weight excluding hydrogens is 486 g/mol. The number of hydrogen-bond donors (Lipinski definition) is 0. The molecule has 0 spiro atoms. The summed E-state index contributed by atoms with van der Waals surface area (Å²) in [6.45, 7) is 6.43. The molecule has 29 heavy (non-hydrogen) atoms. The molecule has 0 N–H and O–H groups in total. The minimum atomic E-state index is -0.591. The van der Waals surface area contributed by atoms with Gasteiger partial charge in [0.1, 0.15) is 16.9 Å². The summed E-state index contributed by atoms with van der Waals surface area (Å²) in [6, 6.07) is 1.23. The molecule has 0 radical (unpaired) electrons. The number of amides is 1. The lowest BCUT2D eigenvalue weighted by Gasteiger charge is -2.42. The lowest BCUT2D eigenvalue weighted by atomic mass is 10.1. The molecule has 1 saturated heterocycles. The number of nitrogens with zero attached hydrogens (tertiary/aromatic N) is 4. The summed E-state index contributed by atoms with van der Waals surface area (Å²) in [5, 5.41) is 0.622. The highest BCUT2D eigenvalue weighted by Gasteiger charge is 2.42. The molecule has 2 atom stereocenters. The predicted molar refractivity (Wildman–Crippen MR) is 114 cm³/mol. The van der Waals surface area contributed by atoms with Crippen molar-refractivity contribution in [3.05, 3.63) is 38.8 Å². The van der Waals surface area contributed by atoms with E-state index in [1.165, 1.54) is 0 Å². The number of benzene rings is 1. The van der Waals surface area contributed by atoms with Gasteiger partial charge in [-0.1, -0.05) is 23.8 Å². The van der Waals surface area contributed by atoms with E-state index in [1.807, 2.05) is 37.8 Å². The Hall–Kier alpha value is -1.64. The molecule has 1 aromatic heterocycles. The molecule has 1 fully saturated rings. The summed E-state index contributed by atoms with van der Waals surface area (Å²) in [4.78, 5) is 24.7. The van der Waals surface area contributed by atoms with Crippen molar-refractivity contribution in [3.63, 3.8) is 0 Å². The lowest BCUT2D eigenvalue weighted by molar-refractivity contribution is 0.0146. The molecule has 4 rings (SSSR count). The van der Waals surface area contributed by atoms with E-state index in [0.29, 0.717) is 24.3 Å². The van der Waals surface area contributed by atoms with Crippen LogP contribution in [0.25, 0.3) is 10.9 Å². The fourth-order valence-corrected chi connectivity index (χ4v) is 4.30. The van der Waals surface area contributed by atoms with Gasteiger partial charge in [0, 0.05) is 18.5 Å². The van der Waals surface area contributed by atoms with E-state index in [0.717, 1.165) is 0 Å². The minimum Gasteiger partial charge on any atom is -0.444 e. The molecule has 0 aliphatic carbocycles. The highest BCUT2D eigenvalue weighted by Crippen LogP contribution is 2.37. The van der Waals surface area contributed by atoms with Crippen molar-refractivity contribution >= 4 is 61.9 Å². The van der Waals surface area contributed by atoms with Crippen LogP contribution in [-0.2, 0) is 4.74 Å². The molecule has 6 nitrogen and oxygen atoms in total. The van der Waals surface area contributed by atoms with Crippen molar-refractivity contribution in [3.8, 4) is 0 Å². The summed E-state index contributed by atoms with van der Waals surface area (Å²) in [6.07, 6.45) is 3.59. The van der Waals surface area contributed by atoms with Gasteiger partial charge in [-0.2, -0.15) is 4.98 Å². The summed E-state index contributed by atoms with van der Waals surface area (Å²) < 4.78 is 20.4. The minimum absolute atomic E-state index is 0.0597. The quantitative estimate of drug-likeness (QED) is 0.304. The molecule has 0 saturated carbocycles. The number of aromatic nitrogens is 2. The number of fused-ring (bicyclic) bond motifs is 3. The van der Waals surface area contributed by atoms with Gasteiger partial charge < -0.3 is 9.64 Å². The van der Waals surface area contributed by atoms with E-state index in [1.54, 1.807) is 11.0 Å². The van der Waals surface area contributed by atoms with Crippen LogP contribution in [0.15, 0.2) is 22.7 Å². The first-order chi connectivity index (χ1) is 13.5. The number of carbonyl (C=O) groups is 1. The Kier molecular flexibility index (Phi) is 5.16. The Bertz CT molecular complexity index is 1030. The fraction of sp³-hybridized carbons (Fsp3) is 0.421. The maximum absolute atomic E-state index is 14.7. The molecule has 154 valence electrons. The molecule has 2 aliphatic rings. The van der Waals surface area contributed by atoms with Gasteiger partial charge in [-0.15, -0.1) is 0 Å². The van der Waals surface area contributed by atoms with Crippen molar-refractivity contribution < 1.29 is 13.9 Å². The number of ether oxygens (including phenoxy) is 1. The second kappa shape index (κ2) is 7.25. The van der Waals surface area contributed by atoms with Gasteiger partial charge in [0.2, 0.25) is 5.28 Å². The zero-order valence-corrected chi connectivity index (χ0v) is 19.0. The molecule has 2 aliphatic heterocycles. The first-order valence-electron chi connectivity index (χ1n) is 9.00. The van der Waals surface area contributed by atoms with E-state index in [4.69, 9.17) is 27.9 Å². The number of hydrogen-bond acceptors (Lipinski definition) is 5. The average Bonchev–Trinajstić information content (AvgIpc) is 2.89. The smallest absolute Gasteiger partial charge is 0.411 e. The third kappa shape index (κ3) is 3.78. The van der Waals surface area contributed by atoms with Crippen LogP contribution in [-0.4, -0.2) is 51.7 Å². The normalized spacial score (nSPS) is 21.2. The number of piperazine rings is 1. The van der Waals surface area contributed by atoms with Crippen molar-refractivity contribution in [2.24, 2.45) is 0 Å². The van der Waals surface area contributed by atoms with Crippen LogP contribution < -0.4 is 4.90 Å². The summed E-state index contributed by atoms with van der Waals surface area (Å²) >= 11 is 15.4. The SMILES string of the molecule is CC(C)(C)OC(=O)N1C2C=CC1CN(c1nc(Cl)nc3c(F)c(Br)c(Cl)cc13)C2. The maximum atomic E-state index is 14.7. The Balaban J connectivity index is 1.69. The molecule has 2 unspecified atom stereocenters. The third-order valence-corrected chi connectivity index (χ3v) is 6.24. The Morgan fingerprint density at radius 2 is 1.86 bits per heavy atom. The largest absolute Gasteiger partial charge is 0.444 e. The van der Waals surface area contributed by atoms with Gasteiger partial charge >= 0.3 is 6.09 Å². The molecule has 2 bridgehead atoms. The van der Waals surface area contributed by atoms with Crippen LogP contribution in [0.2, 0.25) is 10.3 Å². The Morgan fingerprint density at radius 1 is 1.24 bits per heavy atom. The summed E-state index contributed by atoms with van der Waals surface area (Å²) in [7, 11) is 0. The second-order valence-electron chi connectivity index (χ2n) is 8.01. The molecule has 10 heteroatoms. The second-order valence-corrected chi connectivity index (χ2v) is 9.55. The molecular formula is C19H18BrCl2FN4O2. The lowest BCUT2D eigenvalue weighted by Crippen LogP contribution is -2.57. The van der Waals surface area contributed by atoms with Crippen molar-refractivity contribution in [1.82, 2.24) is 14.9 Å². The number of halogens is 4. The highest BCUT2D eigenvalue weighted by atomic mass is 79.9.